The number of aliphatic imine (C=N–C) groups is 1. The molecule has 1 aliphatic heterocycles. The molecule has 0 radical (unpaired) electrons. The highest BCUT2D eigenvalue weighted by atomic mass is 28.3. The standard InChI is InChI=1S/C23H25N5OSi/c1-28-21(29)23(27-22(28)24,19-9-6-10-20(12-19)30(2,3)4)18-8-5-7-16(11-18)17-13-25-15-26-14-17/h5-15H,1-4H3,(H2,24,27). The smallest absolute Gasteiger partial charge is 0.266 e. The van der Waals surface area contributed by atoms with Gasteiger partial charge < -0.3 is 5.73 Å². The Hall–Kier alpha value is -3.32. The van der Waals surface area contributed by atoms with Gasteiger partial charge in [-0.25, -0.2) is 15.0 Å². The van der Waals surface area contributed by atoms with Crippen LogP contribution in [-0.4, -0.2) is 41.9 Å². The molecule has 1 atom stereocenters. The van der Waals surface area contributed by atoms with E-state index in [1.54, 1.807) is 19.4 Å². The van der Waals surface area contributed by atoms with Crippen LogP contribution in [0, 0.1) is 0 Å². The molecule has 1 aliphatic rings. The normalized spacial score (nSPS) is 19.1. The molecule has 3 aromatic rings. The maximum Gasteiger partial charge on any atom is 0.266 e. The van der Waals surface area contributed by atoms with Crippen molar-refractivity contribution in [2.75, 3.05) is 7.05 Å². The van der Waals surface area contributed by atoms with Crippen molar-refractivity contribution in [2.24, 2.45) is 10.7 Å². The predicted molar refractivity (Wildman–Crippen MR) is 122 cm³/mol. The average Bonchev–Trinajstić information content (AvgIpc) is 2.99. The zero-order valence-corrected chi connectivity index (χ0v) is 18.6. The fourth-order valence-electron chi connectivity index (χ4n) is 3.77. The Kier molecular flexibility index (Phi) is 4.78. The molecule has 7 heteroatoms. The van der Waals surface area contributed by atoms with Gasteiger partial charge in [0.05, 0.1) is 8.07 Å². The van der Waals surface area contributed by atoms with Gasteiger partial charge in [-0.2, -0.15) is 0 Å². The van der Waals surface area contributed by atoms with Gasteiger partial charge in [-0.1, -0.05) is 67.3 Å². The first kappa shape index (κ1) is 20.0. The molecule has 6 nitrogen and oxygen atoms in total. The molecule has 4 rings (SSSR count). The van der Waals surface area contributed by atoms with Crippen molar-refractivity contribution >= 4 is 25.1 Å². The topological polar surface area (TPSA) is 84.5 Å². The lowest BCUT2D eigenvalue weighted by atomic mass is 9.82. The number of benzene rings is 2. The third kappa shape index (κ3) is 3.21. The number of aromatic nitrogens is 2. The van der Waals surface area contributed by atoms with Crippen LogP contribution in [-0.2, 0) is 10.3 Å². The molecule has 0 fully saturated rings. The van der Waals surface area contributed by atoms with Crippen molar-refractivity contribution in [3.05, 3.63) is 78.4 Å². The fraction of sp³-hybridized carbons (Fsp3) is 0.217. The largest absolute Gasteiger partial charge is 0.369 e. The molecule has 0 saturated carbocycles. The number of likely N-dealkylation sites (N-methyl/N-ethyl adjacent to an activating group) is 1. The lowest BCUT2D eigenvalue weighted by Crippen LogP contribution is -2.43. The molecule has 0 bridgehead atoms. The monoisotopic (exact) mass is 415 g/mol. The highest BCUT2D eigenvalue weighted by Crippen LogP contribution is 2.40. The zero-order valence-electron chi connectivity index (χ0n) is 17.6. The van der Waals surface area contributed by atoms with E-state index in [4.69, 9.17) is 10.7 Å². The lowest BCUT2D eigenvalue weighted by Gasteiger charge is -2.28. The number of amides is 1. The van der Waals surface area contributed by atoms with Crippen LogP contribution in [0.3, 0.4) is 0 Å². The Balaban J connectivity index is 1.95. The Morgan fingerprint density at radius 2 is 1.57 bits per heavy atom. The van der Waals surface area contributed by atoms with Crippen molar-refractivity contribution in [1.29, 1.82) is 0 Å². The summed E-state index contributed by atoms with van der Waals surface area (Å²) < 4.78 is 0. The van der Waals surface area contributed by atoms with Gasteiger partial charge in [0, 0.05) is 25.0 Å². The molecular formula is C23H25N5OSi. The summed E-state index contributed by atoms with van der Waals surface area (Å²) in [6.07, 6.45) is 5.01. The molecule has 0 aliphatic carbocycles. The van der Waals surface area contributed by atoms with Crippen LogP contribution in [0.5, 0.6) is 0 Å². The minimum atomic E-state index is -1.59. The molecule has 2 heterocycles. The second-order valence-corrected chi connectivity index (χ2v) is 13.7. The van der Waals surface area contributed by atoms with Crippen molar-refractivity contribution in [2.45, 2.75) is 25.2 Å². The number of nitrogens with zero attached hydrogens (tertiary/aromatic N) is 4. The van der Waals surface area contributed by atoms with Gasteiger partial charge in [-0.15, -0.1) is 0 Å². The van der Waals surface area contributed by atoms with E-state index in [-0.39, 0.29) is 11.9 Å². The molecule has 30 heavy (non-hydrogen) atoms. The summed E-state index contributed by atoms with van der Waals surface area (Å²) in [5.74, 6) is 0.0565. The summed E-state index contributed by atoms with van der Waals surface area (Å²) in [5, 5.41) is 1.27. The van der Waals surface area contributed by atoms with Gasteiger partial charge in [0.25, 0.3) is 5.91 Å². The number of guanidine groups is 1. The Bertz CT molecular complexity index is 1140. The quantitative estimate of drug-likeness (QED) is 0.664. The van der Waals surface area contributed by atoms with Crippen molar-refractivity contribution in [3.8, 4) is 11.1 Å². The number of rotatable bonds is 4. The van der Waals surface area contributed by atoms with Crippen molar-refractivity contribution in [1.82, 2.24) is 14.9 Å². The van der Waals surface area contributed by atoms with Gasteiger partial charge in [0.15, 0.2) is 11.5 Å². The van der Waals surface area contributed by atoms with Crippen LogP contribution in [0.25, 0.3) is 11.1 Å². The molecule has 0 saturated heterocycles. The first-order chi connectivity index (χ1) is 14.2. The Morgan fingerprint density at radius 3 is 2.17 bits per heavy atom. The van der Waals surface area contributed by atoms with Gasteiger partial charge >= 0.3 is 0 Å². The summed E-state index contributed by atoms with van der Waals surface area (Å²) in [5.41, 5.74) is 8.33. The minimum absolute atomic E-state index is 0.158. The first-order valence-electron chi connectivity index (χ1n) is 9.84. The van der Waals surface area contributed by atoms with E-state index in [9.17, 15) is 4.79 Å². The molecular weight excluding hydrogens is 390 g/mol. The molecule has 152 valence electrons. The number of hydrogen-bond donors (Lipinski definition) is 1. The summed E-state index contributed by atoms with van der Waals surface area (Å²) in [7, 11) is 0.0766. The number of hydrogen-bond acceptors (Lipinski definition) is 5. The third-order valence-corrected chi connectivity index (χ3v) is 7.60. The van der Waals surface area contributed by atoms with Crippen LogP contribution < -0.4 is 10.9 Å². The van der Waals surface area contributed by atoms with E-state index in [2.05, 4.69) is 41.7 Å². The first-order valence-corrected chi connectivity index (χ1v) is 13.3. The Labute approximate surface area is 177 Å². The summed E-state index contributed by atoms with van der Waals surface area (Å²) >= 11 is 0. The average molecular weight is 416 g/mol. The highest BCUT2D eigenvalue weighted by Gasteiger charge is 2.49. The van der Waals surface area contributed by atoms with E-state index < -0.39 is 13.6 Å². The van der Waals surface area contributed by atoms with E-state index in [0.29, 0.717) is 0 Å². The van der Waals surface area contributed by atoms with Crippen LogP contribution in [0.2, 0.25) is 19.6 Å². The summed E-state index contributed by atoms with van der Waals surface area (Å²) in [6.45, 7) is 6.86. The molecule has 1 amide bonds. The molecule has 0 spiro atoms. The number of carbonyl (C=O) groups excluding carboxylic acids is 1. The van der Waals surface area contributed by atoms with E-state index in [1.807, 2.05) is 36.4 Å². The van der Waals surface area contributed by atoms with Crippen molar-refractivity contribution in [3.63, 3.8) is 0 Å². The molecule has 1 unspecified atom stereocenters. The third-order valence-electron chi connectivity index (χ3n) is 5.56. The maximum atomic E-state index is 13.6. The molecule has 1 aromatic heterocycles. The van der Waals surface area contributed by atoms with Gasteiger partial charge in [0.1, 0.15) is 6.33 Å². The number of nitrogens with two attached hydrogens (primary N) is 1. The van der Waals surface area contributed by atoms with E-state index >= 15 is 0 Å². The Morgan fingerprint density at radius 1 is 0.933 bits per heavy atom. The van der Waals surface area contributed by atoms with Crippen LogP contribution in [0.15, 0.2) is 72.2 Å². The van der Waals surface area contributed by atoms with Crippen molar-refractivity contribution < 1.29 is 4.79 Å². The predicted octanol–water partition coefficient (Wildman–Crippen LogP) is 2.72. The lowest BCUT2D eigenvalue weighted by molar-refractivity contribution is -0.129. The SMILES string of the molecule is CN1C(=O)C(c2cccc(-c3cncnc3)c2)(c2cccc([Si](C)(C)C)c2)N=C1N. The second-order valence-electron chi connectivity index (χ2n) is 8.58. The number of carbonyl (C=O) groups is 1. The van der Waals surface area contributed by atoms with Gasteiger partial charge in [-0.3, -0.25) is 9.69 Å². The summed E-state index contributed by atoms with van der Waals surface area (Å²) in [6, 6.07) is 16.1. The maximum absolute atomic E-state index is 13.6. The van der Waals surface area contributed by atoms with Crippen LogP contribution in [0.4, 0.5) is 0 Å². The van der Waals surface area contributed by atoms with E-state index in [0.717, 1.165) is 22.3 Å². The fourth-order valence-corrected chi connectivity index (χ4v) is 4.95. The van der Waals surface area contributed by atoms with Crippen LogP contribution >= 0.6 is 0 Å². The minimum Gasteiger partial charge on any atom is -0.369 e. The summed E-state index contributed by atoms with van der Waals surface area (Å²) in [4.78, 5) is 28.0. The second kappa shape index (κ2) is 7.18. The molecule has 2 N–H and O–H groups in total. The molecule has 2 aromatic carbocycles. The van der Waals surface area contributed by atoms with E-state index in [1.165, 1.54) is 16.4 Å². The van der Waals surface area contributed by atoms with Crippen LogP contribution in [0.1, 0.15) is 11.1 Å². The van der Waals surface area contributed by atoms with Gasteiger partial charge in [0.2, 0.25) is 0 Å². The zero-order chi connectivity index (χ0) is 21.5. The van der Waals surface area contributed by atoms with Gasteiger partial charge in [-0.05, 0) is 22.8 Å². The highest BCUT2D eigenvalue weighted by molar-refractivity contribution is 6.88.